The average molecular weight is 330 g/mol. The summed E-state index contributed by atoms with van der Waals surface area (Å²) in [5.41, 5.74) is 0.442. The number of H-pyrrole nitrogens is 1. The lowest BCUT2D eigenvalue weighted by Crippen LogP contribution is -2.07. The summed E-state index contributed by atoms with van der Waals surface area (Å²) in [6, 6.07) is 5.13. The predicted octanol–water partition coefficient (Wildman–Crippen LogP) is 4.17. The second-order valence-electron chi connectivity index (χ2n) is 4.46. The van der Waals surface area contributed by atoms with Crippen LogP contribution in [0.25, 0.3) is 11.4 Å². The Labute approximate surface area is 118 Å². The van der Waals surface area contributed by atoms with Gasteiger partial charge in [-0.2, -0.15) is 5.10 Å². The second kappa shape index (κ2) is 5.32. The largest absolute Gasteiger partial charge is 0.300 e. The summed E-state index contributed by atoms with van der Waals surface area (Å²) < 4.78 is 16.8. The molecule has 1 N–H and O–H groups in total. The number of benzene rings is 1. The molecule has 0 aliphatic heterocycles. The number of hydrogen-bond donors (Lipinski definition) is 1. The van der Waals surface area contributed by atoms with Gasteiger partial charge in [0.1, 0.15) is 5.82 Å². The van der Waals surface area contributed by atoms with Crippen LogP contribution in [0.1, 0.15) is 13.8 Å². The number of halogens is 2. The minimum absolute atomic E-state index is 0.323. The Kier molecular flexibility index (Phi) is 3.97. The predicted molar refractivity (Wildman–Crippen MR) is 75.3 cm³/mol. The van der Waals surface area contributed by atoms with Gasteiger partial charge in [-0.05, 0) is 46.2 Å². The van der Waals surface area contributed by atoms with Gasteiger partial charge < -0.3 is 0 Å². The van der Waals surface area contributed by atoms with E-state index in [1.165, 1.54) is 0 Å². The fourth-order valence-electron chi connectivity index (χ4n) is 1.73. The molecule has 0 fully saturated rings. The fourth-order valence-corrected chi connectivity index (χ4v) is 2.31. The quantitative estimate of drug-likeness (QED) is 0.857. The summed E-state index contributed by atoms with van der Waals surface area (Å²) in [7, 11) is 0. The van der Waals surface area contributed by atoms with Gasteiger partial charge in [0.05, 0.1) is 10.0 Å². The Morgan fingerprint density at radius 1 is 1.50 bits per heavy atom. The topological polar surface area (TPSA) is 33.6 Å². The monoisotopic (exact) mass is 329 g/mol. The molecule has 0 amide bonds. The third kappa shape index (κ3) is 2.54. The van der Waals surface area contributed by atoms with E-state index in [9.17, 15) is 4.39 Å². The van der Waals surface area contributed by atoms with Gasteiger partial charge >= 0.3 is 0 Å². The molecule has 2 rings (SSSR count). The van der Waals surface area contributed by atoms with Crippen LogP contribution in [0.2, 0.25) is 0 Å². The maximum absolute atomic E-state index is 14.1. The number of nitrogens with one attached hydrogen (secondary N) is 1. The zero-order valence-electron chi connectivity index (χ0n) is 10.1. The maximum atomic E-state index is 14.1. The molecule has 0 saturated heterocycles. The highest BCUT2D eigenvalue weighted by Crippen LogP contribution is 2.26. The molecular formula is C12H13BrFN3S. The average Bonchev–Trinajstić information content (AvgIpc) is 2.64. The van der Waals surface area contributed by atoms with Gasteiger partial charge in [0.15, 0.2) is 10.6 Å². The smallest absolute Gasteiger partial charge is 0.195 e. The minimum atomic E-state index is -0.323. The molecule has 0 aliphatic carbocycles. The van der Waals surface area contributed by atoms with Gasteiger partial charge in [0, 0.05) is 6.54 Å². The van der Waals surface area contributed by atoms with Crippen LogP contribution in [0.5, 0.6) is 0 Å². The molecule has 0 spiro atoms. The van der Waals surface area contributed by atoms with Crippen LogP contribution in [0.4, 0.5) is 4.39 Å². The summed E-state index contributed by atoms with van der Waals surface area (Å²) in [6.45, 7) is 4.86. The molecule has 6 heteroatoms. The Morgan fingerprint density at radius 2 is 2.22 bits per heavy atom. The summed E-state index contributed by atoms with van der Waals surface area (Å²) in [6.07, 6.45) is 0. The minimum Gasteiger partial charge on any atom is -0.300 e. The summed E-state index contributed by atoms with van der Waals surface area (Å²) in [5.74, 6) is 0.618. The molecule has 0 atom stereocenters. The fraction of sp³-hybridized carbons (Fsp3) is 0.333. The van der Waals surface area contributed by atoms with E-state index in [4.69, 9.17) is 12.2 Å². The normalized spacial score (nSPS) is 11.2. The number of aromatic nitrogens is 3. The molecule has 1 aromatic carbocycles. The van der Waals surface area contributed by atoms with Crippen molar-refractivity contribution >= 4 is 28.1 Å². The Bertz CT molecular complexity index is 618. The van der Waals surface area contributed by atoms with Crippen LogP contribution in [0.3, 0.4) is 0 Å². The third-order valence-corrected chi connectivity index (χ3v) is 3.42. The lowest BCUT2D eigenvalue weighted by molar-refractivity contribution is 0.520. The molecule has 1 aromatic heterocycles. The van der Waals surface area contributed by atoms with Crippen molar-refractivity contribution in [1.82, 2.24) is 14.8 Å². The second-order valence-corrected chi connectivity index (χ2v) is 5.70. The number of hydrogen-bond acceptors (Lipinski definition) is 2. The molecule has 18 heavy (non-hydrogen) atoms. The number of aromatic amines is 1. The SMILES string of the molecule is CC(C)Cn1c(-c2cccc(Br)c2F)n[nH]c1=S. The van der Waals surface area contributed by atoms with Crippen molar-refractivity contribution in [3.05, 3.63) is 33.3 Å². The van der Waals surface area contributed by atoms with Crippen LogP contribution >= 0.6 is 28.1 Å². The van der Waals surface area contributed by atoms with Crippen LogP contribution in [-0.2, 0) is 6.54 Å². The first-order chi connectivity index (χ1) is 8.50. The highest BCUT2D eigenvalue weighted by Gasteiger charge is 2.15. The molecule has 96 valence electrons. The van der Waals surface area contributed by atoms with E-state index in [1.54, 1.807) is 18.2 Å². The molecule has 0 unspecified atom stereocenters. The van der Waals surface area contributed by atoms with Gasteiger partial charge in [0.2, 0.25) is 0 Å². The van der Waals surface area contributed by atoms with Crippen molar-refractivity contribution in [1.29, 1.82) is 0 Å². The van der Waals surface area contributed by atoms with E-state index in [2.05, 4.69) is 40.0 Å². The summed E-state index contributed by atoms with van der Waals surface area (Å²) >= 11 is 8.36. The van der Waals surface area contributed by atoms with E-state index in [0.717, 1.165) is 0 Å². The number of rotatable bonds is 3. The summed E-state index contributed by atoms with van der Waals surface area (Å²) in [4.78, 5) is 0. The zero-order chi connectivity index (χ0) is 13.3. The van der Waals surface area contributed by atoms with Crippen LogP contribution in [0, 0.1) is 16.5 Å². The van der Waals surface area contributed by atoms with Crippen molar-refractivity contribution in [2.75, 3.05) is 0 Å². The van der Waals surface area contributed by atoms with Crippen molar-refractivity contribution in [2.45, 2.75) is 20.4 Å². The van der Waals surface area contributed by atoms with Crippen LogP contribution in [-0.4, -0.2) is 14.8 Å². The van der Waals surface area contributed by atoms with E-state index in [1.807, 2.05) is 4.57 Å². The lowest BCUT2D eigenvalue weighted by atomic mass is 10.2. The highest BCUT2D eigenvalue weighted by atomic mass is 79.9. The molecule has 3 nitrogen and oxygen atoms in total. The van der Waals surface area contributed by atoms with Crippen molar-refractivity contribution in [2.24, 2.45) is 5.92 Å². The highest BCUT2D eigenvalue weighted by molar-refractivity contribution is 9.10. The molecule has 0 saturated carbocycles. The van der Waals surface area contributed by atoms with E-state index >= 15 is 0 Å². The van der Waals surface area contributed by atoms with E-state index < -0.39 is 0 Å². The first-order valence-electron chi connectivity index (χ1n) is 5.60. The van der Waals surface area contributed by atoms with Gasteiger partial charge in [-0.15, -0.1) is 0 Å². The van der Waals surface area contributed by atoms with E-state index in [-0.39, 0.29) is 5.82 Å². The number of nitrogens with zero attached hydrogens (tertiary/aromatic N) is 2. The third-order valence-electron chi connectivity index (χ3n) is 2.50. The Hall–Kier alpha value is -1.01. The Balaban J connectivity index is 2.58. The lowest BCUT2D eigenvalue weighted by Gasteiger charge is -2.10. The molecule has 0 aliphatic rings. The Morgan fingerprint density at radius 3 is 2.89 bits per heavy atom. The van der Waals surface area contributed by atoms with Gasteiger partial charge in [-0.25, -0.2) is 4.39 Å². The van der Waals surface area contributed by atoms with Crippen LogP contribution < -0.4 is 0 Å². The maximum Gasteiger partial charge on any atom is 0.195 e. The standard InChI is InChI=1S/C12H13BrFN3S/c1-7(2)6-17-11(15-16-12(17)18)8-4-3-5-9(13)10(8)14/h3-5,7H,6H2,1-2H3,(H,16,18). The van der Waals surface area contributed by atoms with Crippen molar-refractivity contribution in [3.8, 4) is 11.4 Å². The van der Waals surface area contributed by atoms with Crippen molar-refractivity contribution in [3.63, 3.8) is 0 Å². The van der Waals surface area contributed by atoms with Gasteiger partial charge in [-0.3, -0.25) is 9.67 Å². The van der Waals surface area contributed by atoms with E-state index in [0.29, 0.717) is 33.1 Å². The van der Waals surface area contributed by atoms with Gasteiger partial charge in [-0.1, -0.05) is 19.9 Å². The molecule has 0 bridgehead atoms. The molecular weight excluding hydrogens is 317 g/mol. The van der Waals surface area contributed by atoms with Crippen LogP contribution in [0.15, 0.2) is 22.7 Å². The first kappa shape index (κ1) is 13.4. The molecule has 1 heterocycles. The first-order valence-corrected chi connectivity index (χ1v) is 6.80. The van der Waals surface area contributed by atoms with Gasteiger partial charge in [0.25, 0.3) is 0 Å². The molecule has 2 aromatic rings. The summed E-state index contributed by atoms with van der Waals surface area (Å²) in [5, 5.41) is 6.85. The zero-order valence-corrected chi connectivity index (χ0v) is 12.5. The van der Waals surface area contributed by atoms with Crippen molar-refractivity contribution < 1.29 is 4.39 Å². The molecule has 0 radical (unpaired) electrons.